The van der Waals surface area contributed by atoms with Gasteiger partial charge in [0.05, 0.1) is 38.6 Å². The maximum absolute atomic E-state index is 11.7. The third-order valence-electron chi connectivity index (χ3n) is 9.19. The Morgan fingerprint density at radius 2 is 1.23 bits per heavy atom. The minimum absolute atomic E-state index is 0.195. The van der Waals surface area contributed by atoms with Crippen LogP contribution in [0.15, 0.2) is 118 Å². The van der Waals surface area contributed by atoms with Gasteiger partial charge in [-0.25, -0.2) is 0 Å². The summed E-state index contributed by atoms with van der Waals surface area (Å²) in [5.41, 5.74) is 2.17. The highest BCUT2D eigenvalue weighted by atomic mass is 79.9. The molecule has 256 valence electrons. The van der Waals surface area contributed by atoms with Crippen molar-refractivity contribution in [1.82, 2.24) is 0 Å². The Bertz CT molecular complexity index is 1490. The molecule has 48 heavy (non-hydrogen) atoms. The Morgan fingerprint density at radius 1 is 0.708 bits per heavy atom. The van der Waals surface area contributed by atoms with Crippen LogP contribution in [-0.4, -0.2) is 51.1 Å². The van der Waals surface area contributed by atoms with E-state index < -0.39 is 26.6 Å². The van der Waals surface area contributed by atoms with E-state index in [-0.39, 0.29) is 23.7 Å². The van der Waals surface area contributed by atoms with Crippen LogP contribution >= 0.6 is 31.9 Å². The molecule has 4 aromatic carbocycles. The fourth-order valence-electron chi connectivity index (χ4n) is 6.71. The Kier molecular flexibility index (Phi) is 13.3. The quantitative estimate of drug-likeness (QED) is 0.146. The van der Waals surface area contributed by atoms with E-state index in [1.54, 1.807) is 0 Å². The van der Waals surface area contributed by atoms with Crippen LogP contribution < -0.4 is 10.4 Å². The summed E-state index contributed by atoms with van der Waals surface area (Å²) in [7, 11) is -2.85. The average molecular weight is 797 g/mol. The van der Waals surface area contributed by atoms with Crippen LogP contribution in [0.2, 0.25) is 5.04 Å². The summed E-state index contributed by atoms with van der Waals surface area (Å²) in [6.07, 6.45) is -0.534. The summed E-state index contributed by atoms with van der Waals surface area (Å²) < 4.78 is 29.2. The van der Waals surface area contributed by atoms with E-state index in [0.717, 1.165) is 26.5 Å². The monoisotopic (exact) mass is 794 g/mol. The van der Waals surface area contributed by atoms with E-state index in [4.69, 9.17) is 18.6 Å². The minimum Gasteiger partial charge on any atom is -0.405 e. The number of aliphatic hydroxyl groups is 1. The van der Waals surface area contributed by atoms with Gasteiger partial charge in [0.15, 0.2) is 0 Å². The van der Waals surface area contributed by atoms with Gasteiger partial charge in [-0.2, -0.15) is 0 Å². The third-order valence-corrected chi connectivity index (χ3v) is 15.3. The molecule has 0 aromatic heterocycles. The van der Waals surface area contributed by atoms with Crippen LogP contribution in [0, 0.1) is 5.92 Å². The Morgan fingerprint density at radius 3 is 1.75 bits per heavy atom. The molecule has 5 rings (SSSR count). The number of aliphatic hydroxyl groups excluding tert-OH is 1. The van der Waals surface area contributed by atoms with Crippen molar-refractivity contribution >= 4 is 50.6 Å². The molecule has 0 amide bonds. The maximum Gasteiger partial charge on any atom is 0.261 e. The summed E-state index contributed by atoms with van der Waals surface area (Å²) >= 11 is 7.05. The van der Waals surface area contributed by atoms with Gasteiger partial charge in [0.1, 0.15) is 12.2 Å². The highest BCUT2D eigenvalue weighted by molar-refractivity contribution is 9.10. The van der Waals surface area contributed by atoms with Gasteiger partial charge in [-0.15, -0.1) is 0 Å². The lowest BCUT2D eigenvalue weighted by Crippen LogP contribution is -2.67. The van der Waals surface area contributed by atoms with E-state index in [2.05, 4.69) is 132 Å². The number of hydrogen-bond acceptors (Lipinski definition) is 5. The number of benzene rings is 4. The molecule has 0 spiro atoms. The molecule has 4 aromatic rings. The summed E-state index contributed by atoms with van der Waals surface area (Å²) in [6, 6.07) is 37.5. The molecule has 0 unspecified atom stereocenters. The number of rotatable bonds is 12. The van der Waals surface area contributed by atoms with Gasteiger partial charge in [-0.05, 0) is 69.6 Å². The zero-order valence-electron chi connectivity index (χ0n) is 28.4. The van der Waals surface area contributed by atoms with Gasteiger partial charge in [0.25, 0.3) is 8.32 Å². The Balaban J connectivity index is 1.42. The summed E-state index contributed by atoms with van der Waals surface area (Å²) in [4.78, 5) is 0. The topological polar surface area (TPSA) is 57.2 Å². The highest BCUT2D eigenvalue weighted by Crippen LogP contribution is 2.37. The first-order valence-electron chi connectivity index (χ1n) is 16.8. The first kappa shape index (κ1) is 37.1. The lowest BCUT2D eigenvalue weighted by Gasteiger charge is -2.45. The van der Waals surface area contributed by atoms with Crippen molar-refractivity contribution in [2.45, 2.75) is 83.2 Å². The molecule has 5 nitrogen and oxygen atoms in total. The van der Waals surface area contributed by atoms with E-state index in [0.29, 0.717) is 26.2 Å². The Labute approximate surface area is 304 Å². The van der Waals surface area contributed by atoms with E-state index in [1.165, 1.54) is 10.4 Å². The molecule has 1 fully saturated rings. The number of ether oxygens (including phenoxy) is 3. The molecule has 1 N–H and O–H groups in total. The normalized spacial score (nSPS) is 22.2. The van der Waals surface area contributed by atoms with Crippen molar-refractivity contribution < 1.29 is 23.7 Å². The fourth-order valence-corrected chi connectivity index (χ4v) is 11.8. The van der Waals surface area contributed by atoms with Gasteiger partial charge < -0.3 is 23.7 Å². The van der Waals surface area contributed by atoms with E-state index >= 15 is 0 Å². The van der Waals surface area contributed by atoms with Crippen molar-refractivity contribution in [3.8, 4) is 0 Å². The predicted molar refractivity (Wildman–Crippen MR) is 203 cm³/mol. The van der Waals surface area contributed by atoms with Crippen LogP contribution in [0.3, 0.4) is 0 Å². The third kappa shape index (κ3) is 9.55. The SMILES string of the molecule is C[C@H]1C[C@@H](O)[C@H](CO[Si](c2ccccc2)(c2ccccc2)C(C)(C)C)O[C@H](COCc2ccc(Br)cc2)[C@@H](OCc2ccc(Br)cc2)C1. The molecule has 8 heteroatoms. The summed E-state index contributed by atoms with van der Waals surface area (Å²) in [5.74, 6) is 0.211. The molecular formula is C40H48Br2O5Si. The zero-order valence-corrected chi connectivity index (χ0v) is 32.5. The standard InChI is InChI=1S/C40H48Br2O5Si/c1-29-23-36(43)38(28-46-48(40(2,3)4,34-11-7-5-8-12-34)35-13-9-6-10-14-35)47-39(27-44-25-30-15-19-32(41)20-16-30)37(24-29)45-26-31-17-21-33(42)22-18-31/h5-22,29,36-39,43H,23-28H2,1-4H3/t29-,36+,37-,38-,39+/m0/s1. The van der Waals surface area contributed by atoms with Gasteiger partial charge in [0, 0.05) is 8.95 Å². The second-order valence-corrected chi connectivity index (χ2v) is 20.1. The second kappa shape index (κ2) is 17.2. The lowest BCUT2D eigenvalue weighted by atomic mass is 9.91. The van der Waals surface area contributed by atoms with Crippen LogP contribution in [-0.2, 0) is 31.9 Å². The van der Waals surface area contributed by atoms with Gasteiger partial charge in [0.2, 0.25) is 0 Å². The number of hydrogen-bond donors (Lipinski definition) is 1. The molecular weight excluding hydrogens is 748 g/mol. The molecule has 1 heterocycles. The molecule has 1 saturated heterocycles. The first-order chi connectivity index (χ1) is 23.0. The molecule has 1 aliphatic rings. The summed E-state index contributed by atoms with van der Waals surface area (Å²) in [5, 5.41) is 13.9. The van der Waals surface area contributed by atoms with Crippen molar-refractivity contribution in [2.24, 2.45) is 5.92 Å². The molecule has 1 aliphatic heterocycles. The van der Waals surface area contributed by atoms with Gasteiger partial charge in [-0.1, -0.05) is 144 Å². The fraction of sp³-hybridized carbons (Fsp3) is 0.400. The highest BCUT2D eigenvalue weighted by Gasteiger charge is 2.51. The van der Waals surface area contributed by atoms with Crippen molar-refractivity contribution in [3.63, 3.8) is 0 Å². The Hall–Kier alpha value is -2.14. The number of halogens is 2. The predicted octanol–water partition coefficient (Wildman–Crippen LogP) is 8.43. The van der Waals surface area contributed by atoms with Gasteiger partial charge >= 0.3 is 0 Å². The first-order valence-corrected chi connectivity index (χ1v) is 20.3. The smallest absolute Gasteiger partial charge is 0.261 e. The van der Waals surface area contributed by atoms with Gasteiger partial charge in [-0.3, -0.25) is 0 Å². The van der Waals surface area contributed by atoms with Crippen LogP contribution in [0.5, 0.6) is 0 Å². The maximum atomic E-state index is 11.7. The van der Waals surface area contributed by atoms with E-state index in [1.807, 2.05) is 36.4 Å². The molecule has 0 bridgehead atoms. The van der Waals surface area contributed by atoms with Crippen LogP contribution in [0.25, 0.3) is 0 Å². The average Bonchev–Trinajstić information content (AvgIpc) is 3.07. The summed E-state index contributed by atoms with van der Waals surface area (Å²) in [6.45, 7) is 10.5. The van der Waals surface area contributed by atoms with Crippen molar-refractivity contribution in [1.29, 1.82) is 0 Å². The van der Waals surface area contributed by atoms with Crippen LogP contribution in [0.4, 0.5) is 0 Å². The van der Waals surface area contributed by atoms with Crippen LogP contribution in [0.1, 0.15) is 51.7 Å². The van der Waals surface area contributed by atoms with E-state index in [9.17, 15) is 5.11 Å². The molecule has 0 aliphatic carbocycles. The molecule has 0 saturated carbocycles. The second-order valence-electron chi connectivity index (χ2n) is 13.9. The zero-order chi connectivity index (χ0) is 34.1. The molecule has 5 atom stereocenters. The molecule has 0 radical (unpaired) electrons. The van der Waals surface area contributed by atoms with Crippen molar-refractivity contribution in [2.75, 3.05) is 13.2 Å². The minimum atomic E-state index is -2.85. The lowest BCUT2D eigenvalue weighted by molar-refractivity contribution is -0.181. The van der Waals surface area contributed by atoms with Crippen molar-refractivity contribution in [3.05, 3.63) is 129 Å². The largest absolute Gasteiger partial charge is 0.405 e.